The molecule has 6 heteroatoms. The zero-order valence-corrected chi connectivity index (χ0v) is 9.44. The Balaban J connectivity index is 3.37. The van der Waals surface area contributed by atoms with Crippen molar-refractivity contribution in [1.29, 1.82) is 0 Å². The van der Waals surface area contributed by atoms with Gasteiger partial charge < -0.3 is 20.1 Å². The smallest absolute Gasteiger partial charge is 0.465 e. The zero-order valence-electron chi connectivity index (χ0n) is 9.44. The molecular weight excluding hydrogens is 209 g/mol. The number of carbonyl (C=O) groups is 1. The Morgan fingerprint density at radius 3 is 2.50 bits per heavy atom. The predicted molar refractivity (Wildman–Crippen MR) is 61.9 cm³/mol. The quantitative estimate of drug-likeness (QED) is 0.475. The fourth-order valence-corrected chi connectivity index (χ4v) is 1.47. The lowest BCUT2D eigenvalue weighted by molar-refractivity contribution is 0.0600. The van der Waals surface area contributed by atoms with Crippen LogP contribution < -0.4 is 10.8 Å². The SMILES string of the molecule is CNc1cc(B(O)O)c(C)c(C(=O)OC)c1. The summed E-state index contributed by atoms with van der Waals surface area (Å²) in [6.45, 7) is 1.64. The van der Waals surface area contributed by atoms with Crippen LogP contribution in [0, 0.1) is 6.92 Å². The number of rotatable bonds is 3. The molecule has 0 saturated carbocycles. The summed E-state index contributed by atoms with van der Waals surface area (Å²) in [5.74, 6) is -0.503. The van der Waals surface area contributed by atoms with Gasteiger partial charge in [-0.15, -0.1) is 0 Å². The van der Waals surface area contributed by atoms with Crippen LogP contribution in [0.2, 0.25) is 0 Å². The van der Waals surface area contributed by atoms with Crippen LogP contribution in [0.1, 0.15) is 15.9 Å². The first-order valence-corrected chi connectivity index (χ1v) is 4.78. The van der Waals surface area contributed by atoms with Crippen molar-refractivity contribution in [2.75, 3.05) is 19.5 Å². The number of hydrogen-bond donors (Lipinski definition) is 3. The Bertz CT molecular complexity index is 406. The minimum Gasteiger partial charge on any atom is -0.465 e. The second-order valence-electron chi connectivity index (χ2n) is 3.35. The maximum Gasteiger partial charge on any atom is 0.488 e. The van der Waals surface area contributed by atoms with E-state index in [1.807, 2.05) is 0 Å². The molecule has 86 valence electrons. The number of carbonyl (C=O) groups excluding carboxylic acids is 1. The summed E-state index contributed by atoms with van der Waals surface area (Å²) in [4.78, 5) is 11.5. The monoisotopic (exact) mass is 223 g/mol. The van der Waals surface area contributed by atoms with Gasteiger partial charge in [0.2, 0.25) is 0 Å². The molecule has 0 bridgehead atoms. The lowest BCUT2D eigenvalue weighted by Crippen LogP contribution is -2.33. The van der Waals surface area contributed by atoms with Crippen molar-refractivity contribution < 1.29 is 19.6 Å². The predicted octanol–water partition coefficient (Wildman–Crippen LogP) is -0.497. The van der Waals surface area contributed by atoms with Gasteiger partial charge in [0.15, 0.2) is 0 Å². The Morgan fingerprint density at radius 1 is 1.44 bits per heavy atom. The first-order valence-electron chi connectivity index (χ1n) is 4.78. The van der Waals surface area contributed by atoms with E-state index in [-0.39, 0.29) is 5.46 Å². The van der Waals surface area contributed by atoms with Gasteiger partial charge in [0.05, 0.1) is 12.7 Å². The number of nitrogens with one attached hydrogen (secondary N) is 1. The average Bonchev–Trinajstić information content (AvgIpc) is 2.28. The number of methoxy groups -OCH3 is 1. The Morgan fingerprint density at radius 2 is 2.06 bits per heavy atom. The third-order valence-corrected chi connectivity index (χ3v) is 2.42. The summed E-state index contributed by atoms with van der Waals surface area (Å²) in [7, 11) is 1.35. The molecule has 0 fully saturated rings. The second kappa shape index (κ2) is 5.00. The molecule has 0 spiro atoms. The molecule has 0 saturated heterocycles. The Hall–Kier alpha value is -1.53. The van der Waals surface area contributed by atoms with E-state index in [9.17, 15) is 14.8 Å². The van der Waals surface area contributed by atoms with Crippen molar-refractivity contribution in [2.24, 2.45) is 0 Å². The van der Waals surface area contributed by atoms with Crippen LogP contribution in [0.4, 0.5) is 5.69 Å². The van der Waals surface area contributed by atoms with E-state index in [0.717, 1.165) is 0 Å². The molecule has 1 rings (SSSR count). The lowest BCUT2D eigenvalue weighted by atomic mass is 9.75. The second-order valence-corrected chi connectivity index (χ2v) is 3.35. The lowest BCUT2D eigenvalue weighted by Gasteiger charge is -2.12. The third kappa shape index (κ3) is 2.34. The highest BCUT2D eigenvalue weighted by Crippen LogP contribution is 2.14. The fraction of sp³-hybridized carbons (Fsp3) is 0.300. The minimum atomic E-state index is -1.61. The molecule has 0 heterocycles. The van der Waals surface area contributed by atoms with E-state index in [0.29, 0.717) is 16.8 Å². The molecule has 1 aromatic carbocycles. The van der Waals surface area contributed by atoms with Gasteiger partial charge in [-0.25, -0.2) is 4.79 Å². The van der Waals surface area contributed by atoms with Gasteiger partial charge in [-0.1, -0.05) is 0 Å². The van der Waals surface area contributed by atoms with Gasteiger partial charge in [0.25, 0.3) is 0 Å². The zero-order chi connectivity index (χ0) is 12.3. The third-order valence-electron chi connectivity index (χ3n) is 2.42. The van der Waals surface area contributed by atoms with Crippen molar-refractivity contribution in [3.8, 4) is 0 Å². The highest BCUT2D eigenvalue weighted by Gasteiger charge is 2.20. The van der Waals surface area contributed by atoms with E-state index in [4.69, 9.17) is 0 Å². The van der Waals surface area contributed by atoms with Crippen molar-refractivity contribution in [1.82, 2.24) is 0 Å². The summed E-state index contributed by atoms with van der Waals surface area (Å²) in [6, 6.07) is 3.18. The van der Waals surface area contributed by atoms with Crippen LogP contribution in [0.25, 0.3) is 0 Å². The van der Waals surface area contributed by atoms with Crippen molar-refractivity contribution in [2.45, 2.75) is 6.92 Å². The number of hydrogen-bond acceptors (Lipinski definition) is 5. The van der Waals surface area contributed by atoms with Crippen molar-refractivity contribution in [3.05, 3.63) is 23.3 Å². The van der Waals surface area contributed by atoms with Crippen LogP contribution >= 0.6 is 0 Å². The van der Waals surface area contributed by atoms with Gasteiger partial charge in [-0.2, -0.15) is 0 Å². The number of benzene rings is 1. The molecule has 0 unspecified atom stereocenters. The number of anilines is 1. The molecule has 0 aliphatic rings. The van der Waals surface area contributed by atoms with E-state index in [1.165, 1.54) is 7.11 Å². The first-order chi connectivity index (χ1) is 7.51. The van der Waals surface area contributed by atoms with Crippen LogP contribution in [0.5, 0.6) is 0 Å². The Kier molecular flexibility index (Phi) is 3.92. The van der Waals surface area contributed by atoms with Gasteiger partial charge in [-0.3, -0.25) is 0 Å². The standard InChI is InChI=1S/C10H14BNO4/c1-6-8(10(13)16-3)4-7(12-2)5-9(6)11(14)15/h4-5,12,14-15H,1-3H3. The average molecular weight is 223 g/mol. The molecule has 0 aliphatic heterocycles. The normalized spacial score (nSPS) is 9.81. The summed E-state index contributed by atoms with van der Waals surface area (Å²) >= 11 is 0. The molecule has 0 radical (unpaired) electrons. The van der Waals surface area contributed by atoms with Crippen LogP contribution in [0.15, 0.2) is 12.1 Å². The summed E-state index contributed by atoms with van der Waals surface area (Å²) < 4.78 is 4.62. The maximum absolute atomic E-state index is 11.5. The number of esters is 1. The van der Waals surface area contributed by atoms with Gasteiger partial charge in [-0.05, 0) is 30.1 Å². The highest BCUT2D eigenvalue weighted by atomic mass is 16.5. The van der Waals surface area contributed by atoms with E-state index < -0.39 is 13.1 Å². The van der Waals surface area contributed by atoms with Crippen LogP contribution in [-0.4, -0.2) is 37.3 Å². The topological polar surface area (TPSA) is 78.8 Å². The van der Waals surface area contributed by atoms with Gasteiger partial charge >= 0.3 is 13.1 Å². The first kappa shape index (κ1) is 12.5. The van der Waals surface area contributed by atoms with Gasteiger partial charge in [0.1, 0.15) is 0 Å². The minimum absolute atomic E-state index is 0.284. The van der Waals surface area contributed by atoms with E-state index in [2.05, 4.69) is 10.1 Å². The fourth-order valence-electron chi connectivity index (χ4n) is 1.47. The van der Waals surface area contributed by atoms with Gasteiger partial charge in [0, 0.05) is 12.7 Å². The molecule has 5 nitrogen and oxygen atoms in total. The summed E-state index contributed by atoms with van der Waals surface area (Å²) in [5.41, 5.74) is 1.72. The highest BCUT2D eigenvalue weighted by molar-refractivity contribution is 6.59. The molecule has 3 N–H and O–H groups in total. The van der Waals surface area contributed by atoms with Crippen LogP contribution in [0.3, 0.4) is 0 Å². The number of ether oxygens (including phenoxy) is 1. The van der Waals surface area contributed by atoms with E-state index in [1.54, 1.807) is 26.1 Å². The molecule has 0 amide bonds. The molecule has 1 aromatic rings. The molecule has 0 atom stereocenters. The molecule has 0 aromatic heterocycles. The van der Waals surface area contributed by atoms with Crippen LogP contribution in [-0.2, 0) is 4.74 Å². The van der Waals surface area contributed by atoms with E-state index >= 15 is 0 Å². The van der Waals surface area contributed by atoms with Crippen molar-refractivity contribution in [3.63, 3.8) is 0 Å². The molecule has 0 aliphatic carbocycles. The molecule has 16 heavy (non-hydrogen) atoms. The maximum atomic E-state index is 11.5. The van der Waals surface area contributed by atoms with Crippen molar-refractivity contribution >= 4 is 24.2 Å². The Labute approximate surface area is 94.2 Å². The summed E-state index contributed by atoms with van der Waals surface area (Å²) in [6.07, 6.45) is 0. The summed E-state index contributed by atoms with van der Waals surface area (Å²) in [5, 5.41) is 21.2. The molecular formula is C10H14BNO4. The largest absolute Gasteiger partial charge is 0.488 e.